The maximum Gasteiger partial charge on any atom is 0.332 e. The van der Waals surface area contributed by atoms with Crippen molar-refractivity contribution in [2.75, 3.05) is 0 Å². The normalized spacial score (nSPS) is 11.3. The van der Waals surface area contributed by atoms with Crippen LogP contribution >= 0.6 is 11.6 Å². The predicted octanol–water partition coefficient (Wildman–Crippen LogP) is 1.27. The van der Waals surface area contributed by atoms with E-state index in [9.17, 15) is 14.0 Å². The van der Waals surface area contributed by atoms with Crippen LogP contribution in [0.4, 0.5) is 4.39 Å². The van der Waals surface area contributed by atoms with Gasteiger partial charge >= 0.3 is 5.69 Å². The zero-order valence-electron chi connectivity index (χ0n) is 11.9. The summed E-state index contributed by atoms with van der Waals surface area (Å²) in [7, 11) is 2.91. The topological polar surface area (TPSA) is 61.8 Å². The van der Waals surface area contributed by atoms with Crippen molar-refractivity contribution in [2.45, 2.75) is 6.54 Å². The maximum atomic E-state index is 13.9. The monoisotopic (exact) mass is 322 g/mol. The minimum Gasteiger partial charge on any atom is -0.320 e. The van der Waals surface area contributed by atoms with E-state index in [0.717, 1.165) is 4.57 Å². The fourth-order valence-corrected chi connectivity index (χ4v) is 2.59. The van der Waals surface area contributed by atoms with Crippen LogP contribution in [0.2, 0.25) is 5.02 Å². The Bertz CT molecular complexity index is 982. The van der Waals surface area contributed by atoms with Gasteiger partial charge < -0.3 is 4.57 Å². The second-order valence-electron chi connectivity index (χ2n) is 4.95. The average molecular weight is 323 g/mol. The van der Waals surface area contributed by atoms with Gasteiger partial charge in [0.2, 0.25) is 0 Å². The van der Waals surface area contributed by atoms with E-state index in [1.165, 1.54) is 41.7 Å². The van der Waals surface area contributed by atoms with Crippen molar-refractivity contribution in [1.29, 1.82) is 0 Å². The second kappa shape index (κ2) is 5.10. The van der Waals surface area contributed by atoms with E-state index < -0.39 is 17.1 Å². The molecule has 0 radical (unpaired) electrons. The third-order valence-corrected chi connectivity index (χ3v) is 3.96. The molecular formula is C14H12ClFN4O2. The molecular weight excluding hydrogens is 311 g/mol. The fourth-order valence-electron chi connectivity index (χ4n) is 2.37. The molecule has 0 saturated carbocycles. The molecule has 2 heterocycles. The lowest BCUT2D eigenvalue weighted by Crippen LogP contribution is -2.37. The second-order valence-corrected chi connectivity index (χ2v) is 5.36. The summed E-state index contributed by atoms with van der Waals surface area (Å²) in [6.45, 7) is 0.0510. The van der Waals surface area contributed by atoms with Crippen molar-refractivity contribution in [1.82, 2.24) is 18.7 Å². The molecule has 3 aromatic rings. The van der Waals surface area contributed by atoms with Gasteiger partial charge in [-0.3, -0.25) is 13.9 Å². The number of nitrogens with zero attached hydrogens (tertiary/aromatic N) is 4. The number of hydrogen-bond donors (Lipinski definition) is 0. The number of benzene rings is 1. The summed E-state index contributed by atoms with van der Waals surface area (Å²) in [4.78, 5) is 28.3. The first-order valence-electron chi connectivity index (χ1n) is 6.45. The van der Waals surface area contributed by atoms with Gasteiger partial charge in [-0.2, -0.15) is 0 Å². The summed E-state index contributed by atoms with van der Waals surface area (Å²) in [5.74, 6) is -0.462. The third kappa shape index (κ3) is 2.05. The predicted molar refractivity (Wildman–Crippen MR) is 80.7 cm³/mol. The zero-order valence-corrected chi connectivity index (χ0v) is 12.6. The van der Waals surface area contributed by atoms with Crippen molar-refractivity contribution in [3.05, 3.63) is 61.8 Å². The van der Waals surface area contributed by atoms with E-state index in [0.29, 0.717) is 0 Å². The highest BCUT2D eigenvalue weighted by molar-refractivity contribution is 6.31. The van der Waals surface area contributed by atoms with Gasteiger partial charge in [-0.05, 0) is 12.1 Å². The van der Waals surface area contributed by atoms with Crippen LogP contribution in [0.1, 0.15) is 5.56 Å². The number of fused-ring (bicyclic) bond motifs is 1. The summed E-state index contributed by atoms with van der Waals surface area (Å²) in [6.07, 6.45) is 1.40. The molecule has 0 aliphatic heterocycles. The minimum atomic E-state index is -0.483. The van der Waals surface area contributed by atoms with E-state index in [-0.39, 0.29) is 28.3 Å². The van der Waals surface area contributed by atoms with E-state index in [2.05, 4.69) is 4.98 Å². The van der Waals surface area contributed by atoms with Gasteiger partial charge in [0.25, 0.3) is 5.56 Å². The molecule has 22 heavy (non-hydrogen) atoms. The van der Waals surface area contributed by atoms with E-state index in [4.69, 9.17) is 11.6 Å². The Morgan fingerprint density at radius 3 is 2.64 bits per heavy atom. The number of aromatic nitrogens is 4. The number of aryl methyl sites for hydroxylation is 1. The SMILES string of the molecule is Cn1c(=O)c2c(ncn2Cc2c(F)cccc2Cl)n(C)c1=O. The van der Waals surface area contributed by atoms with E-state index in [1.807, 2.05) is 0 Å². The Labute approximate surface area is 129 Å². The van der Waals surface area contributed by atoms with Gasteiger partial charge in [0, 0.05) is 24.7 Å². The molecule has 0 aliphatic rings. The Balaban J connectivity index is 2.26. The third-order valence-electron chi connectivity index (χ3n) is 3.61. The molecule has 1 aromatic carbocycles. The minimum absolute atomic E-state index is 0.0510. The summed E-state index contributed by atoms with van der Waals surface area (Å²) >= 11 is 6.01. The Morgan fingerprint density at radius 2 is 1.95 bits per heavy atom. The highest BCUT2D eigenvalue weighted by Gasteiger charge is 2.16. The molecule has 0 N–H and O–H groups in total. The van der Waals surface area contributed by atoms with E-state index >= 15 is 0 Å². The first kappa shape index (κ1) is 14.5. The van der Waals surface area contributed by atoms with Crippen LogP contribution in [0.3, 0.4) is 0 Å². The van der Waals surface area contributed by atoms with Crippen LogP contribution in [-0.2, 0) is 20.6 Å². The Morgan fingerprint density at radius 1 is 1.23 bits per heavy atom. The lowest BCUT2D eigenvalue weighted by molar-refractivity contribution is 0.601. The number of halogens is 2. The summed E-state index contributed by atoms with van der Waals surface area (Å²) in [6, 6.07) is 4.39. The molecule has 0 aliphatic carbocycles. The van der Waals surface area contributed by atoms with Gasteiger partial charge in [0.15, 0.2) is 11.2 Å². The summed E-state index contributed by atoms with van der Waals surface area (Å²) in [5, 5.41) is 0.267. The Kier molecular flexibility index (Phi) is 3.37. The molecule has 0 fully saturated rings. The van der Waals surface area contributed by atoms with Gasteiger partial charge in [0.1, 0.15) is 5.82 Å². The standard InChI is InChI=1S/C14H12ClFN4O2/c1-18-12-11(13(21)19(2)14(18)22)20(7-17-12)6-8-9(15)4-3-5-10(8)16/h3-5,7H,6H2,1-2H3. The van der Waals surface area contributed by atoms with Gasteiger partial charge in [-0.15, -0.1) is 0 Å². The molecule has 0 atom stereocenters. The quantitative estimate of drug-likeness (QED) is 0.714. The molecule has 3 rings (SSSR count). The van der Waals surface area contributed by atoms with Crippen molar-refractivity contribution in [2.24, 2.45) is 14.1 Å². The molecule has 114 valence electrons. The molecule has 2 aromatic heterocycles. The number of imidazole rings is 1. The number of rotatable bonds is 2. The lowest BCUT2D eigenvalue weighted by atomic mass is 10.2. The molecule has 0 saturated heterocycles. The Hall–Kier alpha value is -2.41. The molecule has 0 unspecified atom stereocenters. The highest BCUT2D eigenvalue weighted by atomic mass is 35.5. The molecule has 0 amide bonds. The van der Waals surface area contributed by atoms with Crippen LogP contribution in [0.25, 0.3) is 11.2 Å². The van der Waals surface area contributed by atoms with Gasteiger partial charge in [-0.1, -0.05) is 17.7 Å². The first-order valence-corrected chi connectivity index (χ1v) is 6.83. The van der Waals surface area contributed by atoms with Crippen LogP contribution in [0, 0.1) is 5.82 Å². The van der Waals surface area contributed by atoms with Gasteiger partial charge in [0.05, 0.1) is 12.9 Å². The molecule has 8 heteroatoms. The van der Waals surface area contributed by atoms with Crippen LogP contribution in [0.15, 0.2) is 34.1 Å². The number of hydrogen-bond acceptors (Lipinski definition) is 3. The molecule has 0 spiro atoms. The summed E-state index contributed by atoms with van der Waals surface area (Å²) < 4.78 is 17.7. The van der Waals surface area contributed by atoms with Crippen LogP contribution < -0.4 is 11.2 Å². The summed E-state index contributed by atoms with van der Waals surface area (Å²) in [5.41, 5.74) is -0.210. The first-order chi connectivity index (χ1) is 10.4. The molecule has 0 bridgehead atoms. The maximum absolute atomic E-state index is 13.9. The van der Waals surface area contributed by atoms with Crippen molar-refractivity contribution in [3.8, 4) is 0 Å². The van der Waals surface area contributed by atoms with Crippen molar-refractivity contribution in [3.63, 3.8) is 0 Å². The largest absolute Gasteiger partial charge is 0.332 e. The van der Waals surface area contributed by atoms with E-state index in [1.54, 1.807) is 6.07 Å². The van der Waals surface area contributed by atoms with Crippen LogP contribution in [0.5, 0.6) is 0 Å². The zero-order chi connectivity index (χ0) is 16.0. The van der Waals surface area contributed by atoms with Gasteiger partial charge in [-0.25, -0.2) is 14.2 Å². The average Bonchev–Trinajstić information content (AvgIpc) is 2.91. The fraction of sp³-hybridized carbons (Fsp3) is 0.214. The highest BCUT2D eigenvalue weighted by Crippen LogP contribution is 2.21. The molecule has 6 nitrogen and oxygen atoms in total. The van der Waals surface area contributed by atoms with Crippen molar-refractivity contribution < 1.29 is 4.39 Å². The smallest absolute Gasteiger partial charge is 0.320 e. The van der Waals surface area contributed by atoms with Crippen molar-refractivity contribution >= 4 is 22.8 Å². The lowest BCUT2D eigenvalue weighted by Gasteiger charge is -2.09. The van der Waals surface area contributed by atoms with Crippen LogP contribution in [-0.4, -0.2) is 18.7 Å².